The number of non-ortho nitro benzene ring substituents is 1. The Morgan fingerprint density at radius 2 is 1.10 bits per heavy atom. The van der Waals surface area contributed by atoms with Crippen LogP contribution < -0.4 is 26.0 Å². The number of imidazole rings is 1. The number of pyridine rings is 1. The molecule has 0 saturated heterocycles. The number of hydrogen-bond donors (Lipinski definition) is 6. The van der Waals surface area contributed by atoms with Gasteiger partial charge in [0.15, 0.2) is 11.3 Å². The van der Waals surface area contributed by atoms with Crippen molar-refractivity contribution in [2.75, 3.05) is 112 Å². The van der Waals surface area contributed by atoms with Gasteiger partial charge in [-0.25, -0.2) is 4.98 Å². The number of fused-ring (bicyclic) bond motifs is 3. The molecule has 646 valence electrons. The number of ether oxygens (including phenoxy) is 1. The highest BCUT2D eigenvalue weighted by Crippen LogP contribution is 2.47. The first kappa shape index (κ1) is 94.0. The van der Waals surface area contributed by atoms with Crippen LogP contribution in [0.25, 0.3) is 16.7 Å². The van der Waals surface area contributed by atoms with Crippen molar-refractivity contribution in [2.24, 2.45) is 40.9 Å². The third-order valence-corrected chi connectivity index (χ3v) is 27.2. The highest BCUT2D eigenvalue weighted by molar-refractivity contribution is 7.99. The molecule has 3 heterocycles. The van der Waals surface area contributed by atoms with Crippen molar-refractivity contribution in [1.82, 2.24) is 24.3 Å². The topological polar surface area (TPSA) is 631 Å². The number of nitrogens with zero attached hydrogens (tertiary/aromatic N) is 15. The molecule has 0 aliphatic heterocycles. The van der Waals surface area contributed by atoms with E-state index < -0.39 is 162 Å². The van der Waals surface area contributed by atoms with E-state index in [1.165, 1.54) is 47.7 Å². The van der Waals surface area contributed by atoms with Crippen LogP contribution in [-0.2, 0) is 106 Å². The Morgan fingerprint density at radius 1 is 0.570 bits per heavy atom. The molecule has 0 aliphatic carbocycles. The Morgan fingerprint density at radius 3 is 1.67 bits per heavy atom. The predicted octanol–water partition coefficient (Wildman–Crippen LogP) is 12.0. The lowest BCUT2D eigenvalue weighted by Crippen LogP contribution is -2.18. The number of azo groups is 4. The van der Waals surface area contributed by atoms with Gasteiger partial charge in [0.05, 0.1) is 110 Å². The van der Waals surface area contributed by atoms with E-state index in [4.69, 9.17) is 13.1 Å². The lowest BCUT2D eigenvalue weighted by Gasteiger charge is -2.16. The molecule has 45 nitrogen and oxygen atoms in total. The number of rotatable bonds is 43. The van der Waals surface area contributed by atoms with Crippen LogP contribution >= 0.6 is 23.5 Å². The molecular weight excluding hydrogens is 1780 g/mol. The van der Waals surface area contributed by atoms with Crippen LogP contribution in [0.4, 0.5) is 86.1 Å². The van der Waals surface area contributed by atoms with Crippen LogP contribution in [0, 0.1) is 35.3 Å². The van der Waals surface area contributed by atoms with Crippen LogP contribution in [0.5, 0.6) is 11.6 Å². The first-order valence-electron chi connectivity index (χ1n) is 34.6. The average molecular weight is 1850 g/mol. The largest absolute Gasteiger partial charge is 0.493 e. The molecular formula is C67H73N19O26S9. The first-order valence-corrected chi connectivity index (χ1v) is 47.3. The number of nitro groups is 1. The number of carbonyl (C=O) groups excluding carboxylic acids is 1. The summed E-state index contributed by atoms with van der Waals surface area (Å²) in [6, 6.07) is 22.4. The van der Waals surface area contributed by atoms with Gasteiger partial charge in [-0.2, -0.15) is 84.3 Å². The maximum absolute atomic E-state index is 13.2. The molecule has 6 N–H and O–H groups in total. The number of nitriles is 1. The van der Waals surface area contributed by atoms with Gasteiger partial charge in [0.2, 0.25) is 29.6 Å². The molecule has 3 aromatic heterocycles. The Bertz CT molecular complexity index is 6540. The molecule has 0 radical (unpaired) electrons. The minimum Gasteiger partial charge on any atom is -0.493 e. The highest BCUT2D eigenvalue weighted by atomic mass is 32.2. The van der Waals surface area contributed by atoms with Crippen LogP contribution in [0.1, 0.15) is 48.4 Å². The van der Waals surface area contributed by atoms with Gasteiger partial charge in [-0.15, -0.1) is 59.3 Å². The van der Waals surface area contributed by atoms with Crippen molar-refractivity contribution in [1.29, 1.82) is 5.26 Å². The zero-order valence-corrected chi connectivity index (χ0v) is 72.1. The number of aromatic nitrogens is 5. The van der Waals surface area contributed by atoms with Crippen molar-refractivity contribution < 1.29 is 108 Å². The molecule has 1 amide bonds. The number of nitrogens with one attached hydrogen (secondary N) is 4. The molecule has 0 bridgehead atoms. The highest BCUT2D eigenvalue weighted by Gasteiger charge is 2.27. The van der Waals surface area contributed by atoms with Gasteiger partial charge in [-0.3, -0.25) is 49.0 Å². The Hall–Kier alpha value is -10.9. The first-order chi connectivity index (χ1) is 57.0. The third kappa shape index (κ3) is 25.4. The summed E-state index contributed by atoms with van der Waals surface area (Å²) in [5, 5.41) is 80.9. The fraction of sp³-hybridized carbons (Fsp3) is 0.313. The molecule has 9 rings (SSSR count). The maximum atomic E-state index is 13.2. The summed E-state index contributed by atoms with van der Waals surface area (Å²) in [5.41, 5.74) is -1.43. The van der Waals surface area contributed by atoms with E-state index >= 15 is 0 Å². The van der Waals surface area contributed by atoms with E-state index in [0.29, 0.717) is 22.7 Å². The van der Waals surface area contributed by atoms with Gasteiger partial charge < -0.3 is 31.1 Å². The summed E-state index contributed by atoms with van der Waals surface area (Å²) in [6.45, 7) is 3.44. The predicted molar refractivity (Wildman–Crippen MR) is 441 cm³/mol. The fourth-order valence-electron chi connectivity index (χ4n) is 10.6. The van der Waals surface area contributed by atoms with Crippen molar-refractivity contribution in [3.05, 3.63) is 129 Å². The second-order valence-corrected chi connectivity index (χ2v) is 39.4. The number of hydrogen-bond acceptors (Lipinski definition) is 43. The van der Waals surface area contributed by atoms with Gasteiger partial charge in [-0.05, 0) is 116 Å². The average Bonchev–Trinajstić information content (AvgIpc) is 1.60. The van der Waals surface area contributed by atoms with E-state index in [1.54, 1.807) is 31.2 Å². The van der Waals surface area contributed by atoms with Gasteiger partial charge in [0.25, 0.3) is 76.5 Å². The third-order valence-electron chi connectivity index (χ3n) is 16.6. The van der Waals surface area contributed by atoms with Gasteiger partial charge in [0.1, 0.15) is 62.2 Å². The van der Waals surface area contributed by atoms with Crippen LogP contribution in [0.15, 0.2) is 158 Å². The van der Waals surface area contributed by atoms with E-state index in [1.807, 2.05) is 0 Å². The lowest BCUT2D eigenvalue weighted by molar-refractivity contribution is -0.385. The quantitative estimate of drug-likeness (QED) is 0.00393. The fourth-order valence-corrected chi connectivity index (χ4v) is 17.5. The summed E-state index contributed by atoms with van der Waals surface area (Å²) in [5.74, 6) is -6.20. The van der Waals surface area contributed by atoms with Crippen LogP contribution in [0.3, 0.4) is 0 Å². The Labute approximate surface area is 701 Å². The minimum atomic E-state index is -4.89. The summed E-state index contributed by atoms with van der Waals surface area (Å²) in [4.78, 5) is 40.8. The molecule has 0 unspecified atom stereocenters. The van der Waals surface area contributed by atoms with Gasteiger partial charge in [-0.1, -0.05) is 18.2 Å². The summed E-state index contributed by atoms with van der Waals surface area (Å²) in [7, 11) is -25.0. The smallest absolute Gasteiger partial charge is 0.299 e. The number of aromatic hydroxyl groups is 1. The molecule has 9 aromatic rings. The van der Waals surface area contributed by atoms with Gasteiger partial charge >= 0.3 is 0 Å². The zero-order valence-electron chi connectivity index (χ0n) is 64.8. The van der Waals surface area contributed by atoms with Crippen molar-refractivity contribution in [3.8, 4) is 17.7 Å². The number of amides is 1. The van der Waals surface area contributed by atoms with Crippen molar-refractivity contribution in [2.45, 2.75) is 65.4 Å². The molecule has 54 heteroatoms. The molecule has 0 atom stereocenters. The molecule has 0 spiro atoms. The number of nitro benzene ring substituents is 1. The number of benzene rings is 6. The maximum Gasteiger partial charge on any atom is 0.299 e. The number of anilines is 6. The monoisotopic (exact) mass is 1850 g/mol. The normalized spacial score (nSPS) is 12.7. The van der Waals surface area contributed by atoms with E-state index in [9.17, 15) is 88.8 Å². The summed E-state index contributed by atoms with van der Waals surface area (Å²) >= 11 is 1.94. The van der Waals surface area contributed by atoms with Crippen molar-refractivity contribution >= 4 is 203 Å². The molecule has 6 aromatic carbocycles. The number of para-hydroxylation sites is 2. The number of thioether (sulfide) groups is 2. The van der Waals surface area contributed by atoms with Crippen molar-refractivity contribution in [3.63, 3.8) is 0 Å². The SMILES string of the molecule is COS(=O)(=O)CCCOc1cc(N=Nc2cc(Nc3nc(NCCS(=O)(=O)OC)nc(Nc4cc(S(=O)(=O)OC)ccc4CS(=O)(=O)O)n3)c(N=Nc3cc(NC(C)=O)c(N=Nc4ccc([N+](=O)[O-])cc4S(=O)(=O)OC)cc3SCCCS(=O)(=O)OC)cc2SCCCS(=O)(=O)OC)c(C)cc1N=Nc1c(C)c(C#N)c2nc3ccccc3n2c1O. The Kier molecular flexibility index (Phi) is 31.2. The minimum absolute atomic E-state index is 0.0228. The van der Waals surface area contributed by atoms with E-state index in [2.05, 4.69) is 105 Å². The van der Waals surface area contributed by atoms with Gasteiger partial charge in [0, 0.05) is 52.7 Å². The number of carbonyl (C=O) groups is 1. The van der Waals surface area contributed by atoms with E-state index in [-0.39, 0.29) is 132 Å². The Balaban J connectivity index is 1.29. The zero-order chi connectivity index (χ0) is 88.6. The molecule has 121 heavy (non-hydrogen) atoms. The van der Waals surface area contributed by atoms with Crippen LogP contribution in [0.2, 0.25) is 0 Å². The summed E-state index contributed by atoms with van der Waals surface area (Å²) < 4.78 is 224. The standard InChI is InChI=1S/C67H73N19O26S9/c1-39-29-54(81-84-62-40(2)45(37-68)63-71-46-15-10-11-16-57(46)85(63)64(62)88)58(112-22-12-25-116(94,95)106-4)34-48(39)78-82-56-33-51(73-67-75-65(69-21-28-119(100,101)109-7)74-66(76-67)72-49-31-44(120(102,103)110-8)19-17-42(49)38-115(91,92)93)53(36-60(56)114-24-14-27-118(98,99)108-6)80-83-55-32-50(70-41(3)87)52(35-59(55)113-23-13-26-117(96,97)107-5)79-77-47-20-18-43(86(89)90)30-61(47)121(104,105)111-9/h10-11,15-20,29-36,88H,12-14,21-28,38H2,1-9H3,(H,70,87)(H,91,92,93)(H3,69,72,73,74,75,76). The number of aryl methyl sites for hydroxylation is 1. The van der Waals surface area contributed by atoms with Crippen LogP contribution in [-0.4, -0.2) is 194 Å². The second kappa shape index (κ2) is 40.2. The van der Waals surface area contributed by atoms with E-state index in [0.717, 1.165) is 103 Å². The lowest BCUT2D eigenvalue weighted by atomic mass is 10.1. The molecule has 0 saturated carbocycles. The molecule has 0 fully saturated rings. The molecule has 0 aliphatic rings. The summed E-state index contributed by atoms with van der Waals surface area (Å²) in [6.07, 6.45) is -0.301. The second-order valence-electron chi connectivity index (χ2n) is 24.8.